The molecule has 5 nitrogen and oxygen atoms in total. The van der Waals surface area contributed by atoms with Crippen molar-refractivity contribution >= 4 is 18.2 Å². The van der Waals surface area contributed by atoms with E-state index in [1.54, 1.807) is 0 Å². The van der Waals surface area contributed by atoms with Crippen molar-refractivity contribution in [2.24, 2.45) is 23.0 Å². The van der Waals surface area contributed by atoms with Crippen LogP contribution in [0.5, 0.6) is 0 Å². The Morgan fingerprint density at radius 3 is 2.28 bits per heavy atom. The second-order valence-corrected chi connectivity index (χ2v) is 5.32. The third-order valence-electron chi connectivity index (χ3n) is 3.43. The predicted molar refractivity (Wildman–Crippen MR) is 67.8 cm³/mol. The van der Waals surface area contributed by atoms with Crippen molar-refractivity contribution in [2.75, 3.05) is 0 Å². The number of hydrogen-bond acceptors (Lipinski definition) is 3. The van der Waals surface area contributed by atoms with E-state index < -0.39 is 29.1 Å². The largest absolute Gasteiger partial charge is 0.481 e. The zero-order valence-corrected chi connectivity index (χ0v) is 11.3. The molecule has 2 atom stereocenters. The summed E-state index contributed by atoms with van der Waals surface area (Å²) in [6.07, 6.45) is 2.42. The van der Waals surface area contributed by atoms with Crippen molar-refractivity contribution in [3.05, 3.63) is 0 Å². The van der Waals surface area contributed by atoms with Crippen molar-refractivity contribution in [1.29, 1.82) is 0 Å². The molecule has 104 valence electrons. The average Bonchev–Trinajstić information content (AvgIpc) is 2.23. The Labute approximate surface area is 108 Å². The topological polar surface area (TPSA) is 97.5 Å². The summed E-state index contributed by atoms with van der Waals surface area (Å²) in [5, 5.41) is 8.61. The van der Waals surface area contributed by atoms with Crippen molar-refractivity contribution < 1.29 is 19.5 Å². The van der Waals surface area contributed by atoms with E-state index in [1.807, 2.05) is 20.8 Å². The zero-order valence-electron chi connectivity index (χ0n) is 11.3. The minimum Gasteiger partial charge on any atom is -0.481 e. The van der Waals surface area contributed by atoms with Gasteiger partial charge in [-0.15, -0.1) is 0 Å². The summed E-state index contributed by atoms with van der Waals surface area (Å²) < 4.78 is 0. The molecule has 2 unspecified atom stereocenters. The molecule has 0 fully saturated rings. The van der Waals surface area contributed by atoms with Gasteiger partial charge in [0.15, 0.2) is 0 Å². The van der Waals surface area contributed by atoms with Gasteiger partial charge in [0.1, 0.15) is 6.29 Å². The van der Waals surface area contributed by atoms with Crippen LogP contribution in [0.2, 0.25) is 0 Å². The van der Waals surface area contributed by atoms with Crippen LogP contribution in [0.3, 0.4) is 0 Å². The molecule has 0 aromatic carbocycles. The van der Waals surface area contributed by atoms with E-state index in [0.29, 0.717) is 19.3 Å². The van der Waals surface area contributed by atoms with Crippen LogP contribution in [-0.2, 0) is 14.4 Å². The molecular formula is C13H23NO4. The maximum absolute atomic E-state index is 11.5. The van der Waals surface area contributed by atoms with E-state index >= 15 is 0 Å². The fourth-order valence-corrected chi connectivity index (χ4v) is 2.44. The normalized spacial score (nSPS) is 14.8. The lowest BCUT2D eigenvalue weighted by Crippen LogP contribution is -2.41. The Morgan fingerprint density at radius 1 is 1.39 bits per heavy atom. The standard InChI is InChI=1S/C13H23NO4/c1-4-9(8-15)11(12(14)18)13(2,3)7-5-6-10(16)17/h8-9,11H,4-7H2,1-3H3,(H2,14,18)(H,16,17). The highest BCUT2D eigenvalue weighted by Gasteiger charge is 2.38. The number of aldehydes is 1. The van der Waals surface area contributed by atoms with Crippen LogP contribution in [0.15, 0.2) is 0 Å². The van der Waals surface area contributed by atoms with Crippen LogP contribution in [-0.4, -0.2) is 23.3 Å². The SMILES string of the molecule is CCC(C=O)C(C(N)=O)C(C)(C)CCCC(=O)O. The van der Waals surface area contributed by atoms with E-state index in [4.69, 9.17) is 10.8 Å². The fourth-order valence-electron chi connectivity index (χ4n) is 2.44. The highest BCUT2D eigenvalue weighted by Crippen LogP contribution is 2.37. The molecule has 0 saturated heterocycles. The van der Waals surface area contributed by atoms with Gasteiger partial charge in [0.2, 0.25) is 5.91 Å². The number of aliphatic carboxylic acids is 1. The quantitative estimate of drug-likeness (QED) is 0.613. The molecule has 18 heavy (non-hydrogen) atoms. The first-order valence-corrected chi connectivity index (χ1v) is 6.22. The number of primary amides is 1. The van der Waals surface area contributed by atoms with E-state index in [0.717, 1.165) is 6.29 Å². The van der Waals surface area contributed by atoms with E-state index in [9.17, 15) is 14.4 Å². The van der Waals surface area contributed by atoms with Crippen molar-refractivity contribution in [3.8, 4) is 0 Å². The number of carboxylic acid groups (broad SMARTS) is 1. The van der Waals surface area contributed by atoms with E-state index in [-0.39, 0.29) is 6.42 Å². The van der Waals surface area contributed by atoms with Gasteiger partial charge in [-0.25, -0.2) is 0 Å². The lowest BCUT2D eigenvalue weighted by atomic mass is 9.68. The molecule has 0 radical (unpaired) electrons. The Bertz CT molecular complexity index is 312. The molecule has 0 saturated carbocycles. The number of carbonyl (C=O) groups is 3. The van der Waals surface area contributed by atoms with Gasteiger partial charge in [0.05, 0.1) is 5.92 Å². The second kappa shape index (κ2) is 7.13. The molecule has 0 rings (SSSR count). The average molecular weight is 257 g/mol. The number of nitrogens with two attached hydrogens (primary N) is 1. The third kappa shape index (κ3) is 4.85. The lowest BCUT2D eigenvalue weighted by Gasteiger charge is -2.35. The number of hydrogen-bond donors (Lipinski definition) is 2. The van der Waals surface area contributed by atoms with E-state index in [2.05, 4.69) is 0 Å². The Morgan fingerprint density at radius 2 is 1.94 bits per heavy atom. The molecule has 0 aromatic heterocycles. The highest BCUT2D eigenvalue weighted by atomic mass is 16.4. The van der Waals surface area contributed by atoms with Gasteiger partial charge in [-0.3, -0.25) is 9.59 Å². The molecule has 0 spiro atoms. The first-order chi connectivity index (χ1) is 8.26. The number of carbonyl (C=O) groups excluding carboxylic acids is 2. The monoisotopic (exact) mass is 257 g/mol. The summed E-state index contributed by atoms with van der Waals surface area (Å²) in [7, 11) is 0. The first-order valence-electron chi connectivity index (χ1n) is 6.22. The summed E-state index contributed by atoms with van der Waals surface area (Å²) in [4.78, 5) is 33.0. The highest BCUT2D eigenvalue weighted by molar-refractivity contribution is 5.81. The van der Waals surface area contributed by atoms with Crippen LogP contribution >= 0.6 is 0 Å². The first kappa shape index (κ1) is 16.6. The minimum absolute atomic E-state index is 0.0623. The van der Waals surface area contributed by atoms with Crippen LogP contribution in [0, 0.1) is 17.3 Å². The molecule has 0 heterocycles. The van der Waals surface area contributed by atoms with Gasteiger partial charge in [-0.05, 0) is 24.7 Å². The van der Waals surface area contributed by atoms with Crippen LogP contribution in [0.25, 0.3) is 0 Å². The smallest absolute Gasteiger partial charge is 0.303 e. The van der Waals surface area contributed by atoms with E-state index in [1.165, 1.54) is 0 Å². The summed E-state index contributed by atoms with van der Waals surface area (Å²) in [5.74, 6) is -2.30. The summed E-state index contributed by atoms with van der Waals surface area (Å²) in [6.45, 7) is 5.55. The molecule has 0 aliphatic carbocycles. The van der Waals surface area contributed by atoms with Gasteiger partial charge in [0.25, 0.3) is 0 Å². The zero-order chi connectivity index (χ0) is 14.3. The third-order valence-corrected chi connectivity index (χ3v) is 3.43. The second-order valence-electron chi connectivity index (χ2n) is 5.32. The minimum atomic E-state index is -0.858. The van der Waals surface area contributed by atoms with Gasteiger partial charge in [-0.1, -0.05) is 20.8 Å². The molecule has 5 heteroatoms. The molecule has 0 aliphatic heterocycles. The van der Waals surface area contributed by atoms with Crippen molar-refractivity contribution in [2.45, 2.75) is 46.5 Å². The lowest BCUT2D eigenvalue weighted by molar-refractivity contribution is -0.137. The maximum atomic E-state index is 11.5. The van der Waals surface area contributed by atoms with Crippen molar-refractivity contribution in [1.82, 2.24) is 0 Å². The Balaban J connectivity index is 4.80. The summed E-state index contributed by atoms with van der Waals surface area (Å²) in [5.41, 5.74) is 4.92. The molecule has 0 aromatic rings. The number of carboxylic acids is 1. The van der Waals surface area contributed by atoms with Gasteiger partial charge >= 0.3 is 5.97 Å². The maximum Gasteiger partial charge on any atom is 0.303 e. The summed E-state index contributed by atoms with van der Waals surface area (Å²) >= 11 is 0. The van der Waals surface area contributed by atoms with Gasteiger partial charge in [-0.2, -0.15) is 0 Å². The van der Waals surface area contributed by atoms with Gasteiger partial charge in [0, 0.05) is 12.3 Å². The van der Waals surface area contributed by atoms with Crippen molar-refractivity contribution in [3.63, 3.8) is 0 Å². The summed E-state index contributed by atoms with van der Waals surface area (Å²) in [6, 6.07) is 0. The molecule has 0 aliphatic rings. The van der Waals surface area contributed by atoms with Crippen LogP contribution < -0.4 is 5.73 Å². The number of rotatable bonds is 9. The molecule has 3 N–H and O–H groups in total. The number of amides is 1. The fraction of sp³-hybridized carbons (Fsp3) is 0.769. The molecule has 0 bridgehead atoms. The predicted octanol–water partition coefficient (Wildman–Crippen LogP) is 1.59. The van der Waals surface area contributed by atoms with Crippen LogP contribution in [0.1, 0.15) is 46.5 Å². The Kier molecular flexibility index (Phi) is 6.58. The molecule has 1 amide bonds. The van der Waals surface area contributed by atoms with Gasteiger partial charge < -0.3 is 15.6 Å². The Hall–Kier alpha value is -1.39. The van der Waals surface area contributed by atoms with Crippen LogP contribution in [0.4, 0.5) is 0 Å². The molecular weight excluding hydrogens is 234 g/mol.